The summed E-state index contributed by atoms with van der Waals surface area (Å²) in [6.07, 6.45) is 4.73. The molecular formula is C18H15N5O3. The van der Waals surface area contributed by atoms with E-state index in [-0.39, 0.29) is 18.4 Å². The summed E-state index contributed by atoms with van der Waals surface area (Å²) in [6.45, 7) is 0.592. The molecule has 2 aromatic heterocycles. The van der Waals surface area contributed by atoms with Crippen LogP contribution in [0.25, 0.3) is 0 Å². The molecule has 1 aromatic carbocycles. The molecule has 0 atom stereocenters. The van der Waals surface area contributed by atoms with Crippen LogP contribution in [0.5, 0.6) is 11.5 Å². The fourth-order valence-corrected chi connectivity index (χ4v) is 2.45. The number of carbonyl (C=O) groups is 1. The molecule has 0 spiro atoms. The van der Waals surface area contributed by atoms with Gasteiger partial charge in [-0.15, -0.1) is 0 Å². The van der Waals surface area contributed by atoms with Crippen molar-refractivity contribution in [1.29, 1.82) is 0 Å². The van der Waals surface area contributed by atoms with Crippen LogP contribution in [0, 0.1) is 0 Å². The first-order chi connectivity index (χ1) is 12.8. The topological polar surface area (TPSA) is 98.3 Å². The maximum atomic E-state index is 12.3. The smallest absolute Gasteiger partial charge is 0.270 e. The van der Waals surface area contributed by atoms with Crippen LogP contribution in [0.1, 0.15) is 16.1 Å². The minimum absolute atomic E-state index is 0.216. The lowest BCUT2D eigenvalue weighted by molar-refractivity contribution is 0.0945. The first-order valence-electron chi connectivity index (χ1n) is 7.94. The summed E-state index contributed by atoms with van der Waals surface area (Å²) in [5, 5.41) is 5.93. The molecule has 8 nitrogen and oxygen atoms in total. The Bertz CT molecular complexity index is 933. The highest BCUT2D eigenvalue weighted by atomic mass is 16.7. The molecule has 1 aliphatic rings. The van der Waals surface area contributed by atoms with Crippen molar-refractivity contribution in [1.82, 2.24) is 20.3 Å². The minimum Gasteiger partial charge on any atom is -0.454 e. The fourth-order valence-electron chi connectivity index (χ4n) is 2.45. The van der Waals surface area contributed by atoms with Crippen LogP contribution >= 0.6 is 0 Å². The van der Waals surface area contributed by atoms with E-state index in [2.05, 4.69) is 25.6 Å². The van der Waals surface area contributed by atoms with Crippen LogP contribution < -0.4 is 20.1 Å². The highest BCUT2D eigenvalue weighted by molar-refractivity contribution is 5.92. The molecule has 2 N–H and O–H groups in total. The Balaban J connectivity index is 1.43. The highest BCUT2D eigenvalue weighted by Crippen LogP contribution is 2.34. The SMILES string of the molecule is O=C(NCc1cccnc1)c1cc(Nc2ccc3c(c2)OCO3)ncn1. The molecule has 130 valence electrons. The fraction of sp³-hybridized carbons (Fsp3) is 0.111. The lowest BCUT2D eigenvalue weighted by atomic mass is 10.2. The Labute approximate surface area is 149 Å². The van der Waals surface area contributed by atoms with Crippen molar-refractivity contribution < 1.29 is 14.3 Å². The molecule has 26 heavy (non-hydrogen) atoms. The number of carbonyl (C=O) groups excluding carboxylic acids is 1. The summed E-state index contributed by atoms with van der Waals surface area (Å²) in [6, 6.07) is 10.8. The normalized spacial score (nSPS) is 11.8. The maximum absolute atomic E-state index is 12.3. The summed E-state index contributed by atoms with van der Waals surface area (Å²) < 4.78 is 10.6. The lowest BCUT2D eigenvalue weighted by Gasteiger charge is -2.08. The number of ether oxygens (including phenoxy) is 2. The molecule has 0 saturated carbocycles. The number of anilines is 2. The average molecular weight is 349 g/mol. The lowest BCUT2D eigenvalue weighted by Crippen LogP contribution is -2.24. The van der Waals surface area contributed by atoms with Crippen LogP contribution in [0.2, 0.25) is 0 Å². The molecule has 0 radical (unpaired) electrons. The first kappa shape index (κ1) is 15.8. The Hall–Kier alpha value is -3.68. The van der Waals surface area contributed by atoms with Gasteiger partial charge in [0.05, 0.1) is 0 Å². The second kappa shape index (κ2) is 7.06. The standard InChI is InChI=1S/C18H15N5O3/c24-18(20-9-12-2-1-5-19-8-12)14-7-17(22-10-21-14)23-13-3-4-15-16(6-13)26-11-25-15/h1-8,10H,9,11H2,(H,20,24)(H,21,22,23). The van der Waals surface area contributed by atoms with E-state index >= 15 is 0 Å². The first-order valence-corrected chi connectivity index (χ1v) is 7.94. The zero-order valence-corrected chi connectivity index (χ0v) is 13.7. The maximum Gasteiger partial charge on any atom is 0.270 e. The van der Waals surface area contributed by atoms with E-state index in [9.17, 15) is 4.79 Å². The van der Waals surface area contributed by atoms with Crippen molar-refractivity contribution in [2.75, 3.05) is 12.1 Å². The Kier molecular flexibility index (Phi) is 4.29. The Morgan fingerprint density at radius 2 is 2.04 bits per heavy atom. The third-order valence-electron chi connectivity index (χ3n) is 3.72. The van der Waals surface area contributed by atoms with Gasteiger partial charge in [-0.25, -0.2) is 9.97 Å². The van der Waals surface area contributed by atoms with Gasteiger partial charge in [-0.05, 0) is 23.8 Å². The van der Waals surface area contributed by atoms with E-state index in [1.54, 1.807) is 18.5 Å². The van der Waals surface area contributed by atoms with Gasteiger partial charge in [0, 0.05) is 36.8 Å². The largest absolute Gasteiger partial charge is 0.454 e. The van der Waals surface area contributed by atoms with E-state index in [1.165, 1.54) is 6.33 Å². The van der Waals surface area contributed by atoms with Gasteiger partial charge in [-0.1, -0.05) is 6.07 Å². The number of rotatable bonds is 5. The summed E-state index contributed by atoms with van der Waals surface area (Å²) in [4.78, 5) is 24.5. The van der Waals surface area contributed by atoms with Gasteiger partial charge in [-0.2, -0.15) is 0 Å². The number of aromatic nitrogens is 3. The molecule has 4 rings (SSSR count). The number of nitrogens with zero attached hydrogens (tertiary/aromatic N) is 3. The van der Waals surface area contributed by atoms with Gasteiger partial charge in [0.1, 0.15) is 17.8 Å². The monoisotopic (exact) mass is 349 g/mol. The molecular weight excluding hydrogens is 334 g/mol. The van der Waals surface area contributed by atoms with Crippen LogP contribution in [-0.4, -0.2) is 27.7 Å². The third kappa shape index (κ3) is 3.54. The minimum atomic E-state index is -0.287. The van der Waals surface area contributed by atoms with Gasteiger partial charge in [-0.3, -0.25) is 9.78 Å². The summed E-state index contributed by atoms with van der Waals surface area (Å²) in [5.41, 5.74) is 1.95. The number of hydrogen-bond donors (Lipinski definition) is 2. The molecule has 1 aliphatic heterocycles. The van der Waals surface area contributed by atoms with Crippen molar-refractivity contribution in [3.05, 3.63) is 66.4 Å². The van der Waals surface area contributed by atoms with Gasteiger partial charge in [0.25, 0.3) is 5.91 Å². The molecule has 3 heterocycles. The molecule has 0 fully saturated rings. The van der Waals surface area contributed by atoms with Crippen molar-refractivity contribution in [3.63, 3.8) is 0 Å². The van der Waals surface area contributed by atoms with Crippen LogP contribution in [0.15, 0.2) is 55.1 Å². The number of nitrogens with one attached hydrogen (secondary N) is 2. The third-order valence-corrected chi connectivity index (χ3v) is 3.72. The number of amides is 1. The van der Waals surface area contributed by atoms with Crippen LogP contribution in [-0.2, 0) is 6.54 Å². The number of hydrogen-bond acceptors (Lipinski definition) is 7. The Morgan fingerprint density at radius 1 is 1.12 bits per heavy atom. The number of benzene rings is 1. The van der Waals surface area contributed by atoms with E-state index in [1.807, 2.05) is 30.3 Å². The molecule has 0 unspecified atom stereocenters. The quantitative estimate of drug-likeness (QED) is 0.729. The Morgan fingerprint density at radius 3 is 2.92 bits per heavy atom. The molecule has 1 amide bonds. The van der Waals surface area contributed by atoms with Crippen molar-refractivity contribution in [2.45, 2.75) is 6.54 Å². The second-order valence-corrected chi connectivity index (χ2v) is 5.53. The average Bonchev–Trinajstić information content (AvgIpc) is 3.15. The predicted octanol–water partition coefficient (Wildman–Crippen LogP) is 2.27. The number of pyridine rings is 1. The summed E-state index contributed by atoms with van der Waals surface area (Å²) >= 11 is 0. The summed E-state index contributed by atoms with van der Waals surface area (Å²) in [7, 11) is 0. The van der Waals surface area contributed by atoms with Gasteiger partial charge in [0.15, 0.2) is 11.5 Å². The van der Waals surface area contributed by atoms with Gasteiger partial charge in [0.2, 0.25) is 6.79 Å². The second-order valence-electron chi connectivity index (χ2n) is 5.53. The van der Waals surface area contributed by atoms with Crippen LogP contribution in [0.3, 0.4) is 0 Å². The highest BCUT2D eigenvalue weighted by Gasteiger charge is 2.14. The van der Waals surface area contributed by atoms with Crippen molar-refractivity contribution >= 4 is 17.4 Å². The van der Waals surface area contributed by atoms with E-state index in [0.29, 0.717) is 23.9 Å². The predicted molar refractivity (Wildman–Crippen MR) is 93.3 cm³/mol. The summed E-state index contributed by atoms with van der Waals surface area (Å²) in [5.74, 6) is 1.59. The molecule has 8 heteroatoms. The molecule has 0 saturated heterocycles. The van der Waals surface area contributed by atoms with Crippen LogP contribution in [0.4, 0.5) is 11.5 Å². The molecule has 0 aliphatic carbocycles. The van der Waals surface area contributed by atoms with Crippen molar-refractivity contribution in [2.24, 2.45) is 0 Å². The zero-order valence-electron chi connectivity index (χ0n) is 13.7. The van der Waals surface area contributed by atoms with E-state index in [4.69, 9.17) is 9.47 Å². The van der Waals surface area contributed by atoms with Gasteiger partial charge < -0.3 is 20.1 Å². The number of fused-ring (bicyclic) bond motifs is 1. The van der Waals surface area contributed by atoms with E-state index in [0.717, 1.165) is 11.3 Å². The van der Waals surface area contributed by atoms with E-state index < -0.39 is 0 Å². The molecule has 3 aromatic rings. The van der Waals surface area contributed by atoms with Gasteiger partial charge >= 0.3 is 0 Å². The van der Waals surface area contributed by atoms with Crippen molar-refractivity contribution in [3.8, 4) is 11.5 Å². The zero-order chi connectivity index (χ0) is 17.8. The molecule has 0 bridgehead atoms.